The smallest absolute Gasteiger partial charge is 0.274 e. The molecule has 16 heteroatoms. The monoisotopic (exact) mass is 957 g/mol. The van der Waals surface area contributed by atoms with Gasteiger partial charge in [-0.25, -0.2) is 5.09 Å². The molecule has 3 saturated heterocycles. The summed E-state index contributed by atoms with van der Waals surface area (Å²) in [7, 11) is 9.83. The van der Waals surface area contributed by atoms with Gasteiger partial charge in [-0.1, -0.05) is 62.7 Å². The van der Waals surface area contributed by atoms with Crippen LogP contribution in [-0.2, 0) is 39.1 Å². The number of hydrogen-bond donors (Lipinski definition) is 2. The molecule has 0 amide bonds. The number of carbonyl (C=O) groups is 4. The highest BCUT2D eigenvalue weighted by molar-refractivity contribution is 7.56. The molecule has 0 radical (unpaired) electrons. The van der Waals surface area contributed by atoms with Gasteiger partial charge in [0.1, 0.15) is 19.4 Å². The van der Waals surface area contributed by atoms with E-state index in [0.717, 1.165) is 86.7 Å². The van der Waals surface area contributed by atoms with Crippen LogP contribution >= 0.6 is 18.9 Å². The summed E-state index contributed by atoms with van der Waals surface area (Å²) in [4.78, 5) is 51.1. The number of pyridine rings is 1. The molecule has 5 heterocycles. The largest absolute Gasteiger partial charge is 0.385 e. The third kappa shape index (κ3) is 26.4. The predicted octanol–water partition coefficient (Wildman–Crippen LogP) is 8.64. The van der Waals surface area contributed by atoms with Gasteiger partial charge in [0.15, 0.2) is 6.29 Å². The molecule has 7 rings (SSSR count). The number of carbonyl (C=O) groups excluding carboxylic acids is 4. The fraction of sp³-hybridized carbons (Fsp3) is 0.540. The molecule has 370 valence electrons. The van der Waals surface area contributed by atoms with Gasteiger partial charge in [-0.2, -0.15) is 0 Å². The van der Waals surface area contributed by atoms with Crippen molar-refractivity contribution in [2.75, 3.05) is 100 Å². The van der Waals surface area contributed by atoms with Crippen LogP contribution in [0.2, 0.25) is 0 Å². The maximum atomic E-state index is 12.6. The molecule has 3 fully saturated rings. The van der Waals surface area contributed by atoms with Crippen LogP contribution < -0.4 is 15.3 Å². The number of rotatable bonds is 15. The summed E-state index contributed by atoms with van der Waals surface area (Å²) >= 11 is 1.41. The second kappa shape index (κ2) is 39.0. The van der Waals surface area contributed by atoms with Crippen molar-refractivity contribution < 1.29 is 37.7 Å². The van der Waals surface area contributed by atoms with E-state index in [-0.39, 0.29) is 6.16 Å². The Kier molecular flexibility index (Phi) is 36.6. The maximum absolute atomic E-state index is 12.6. The lowest BCUT2D eigenvalue weighted by Gasteiger charge is -2.44. The van der Waals surface area contributed by atoms with Gasteiger partial charge in [-0.15, -0.1) is 11.3 Å². The number of anilines is 1. The van der Waals surface area contributed by atoms with E-state index in [0.29, 0.717) is 23.2 Å². The van der Waals surface area contributed by atoms with Gasteiger partial charge in [0, 0.05) is 89.2 Å². The van der Waals surface area contributed by atoms with Crippen molar-refractivity contribution in [3.8, 4) is 0 Å². The number of fused-ring (bicyclic) bond motifs is 1. The van der Waals surface area contributed by atoms with E-state index in [1.807, 2.05) is 87.9 Å². The second-order valence-corrected chi connectivity index (χ2v) is 19.2. The minimum absolute atomic E-state index is 0.184. The second-order valence-electron chi connectivity index (χ2n) is 15.8. The summed E-state index contributed by atoms with van der Waals surface area (Å²) in [5.41, 5.74) is 3.58. The minimum atomic E-state index is -3.12. The summed E-state index contributed by atoms with van der Waals surface area (Å²) in [5.74, 6) is 0.658. The van der Waals surface area contributed by atoms with E-state index in [2.05, 4.69) is 64.1 Å². The maximum Gasteiger partial charge on any atom is 0.274 e. The number of aromatic nitrogens is 1. The molecule has 3 aliphatic heterocycles. The number of methoxy groups -OCH3 is 2. The molecule has 0 spiro atoms. The SMILES string of the molecule is C=O.CCCCC=O.CCCOC.CN1CCCC1.CNC.COC1CN(c2ccncc2C2CN(C)C2)C1.COP(=O)(Cc1ccc2sc(C=O)cc2c1)NC(C)C=O.c1ccccc1. The van der Waals surface area contributed by atoms with Gasteiger partial charge < -0.3 is 48.4 Å². The molecule has 2 aromatic heterocycles. The molecule has 2 N–H and O–H groups in total. The zero-order valence-electron chi connectivity index (χ0n) is 41.5. The number of benzene rings is 2. The molecule has 14 nitrogen and oxygen atoms in total. The summed E-state index contributed by atoms with van der Waals surface area (Å²) in [6.07, 6.45) is 13.8. The summed E-state index contributed by atoms with van der Waals surface area (Å²) in [6, 6.07) is 21.0. The Morgan fingerprint density at radius 1 is 0.894 bits per heavy atom. The van der Waals surface area contributed by atoms with Crippen LogP contribution in [0.25, 0.3) is 10.1 Å². The average Bonchev–Trinajstić information content (AvgIpc) is 3.98. The highest BCUT2D eigenvalue weighted by Crippen LogP contribution is 2.46. The Hall–Kier alpha value is -4.02. The van der Waals surface area contributed by atoms with E-state index in [9.17, 15) is 18.9 Å². The highest BCUT2D eigenvalue weighted by atomic mass is 32.1. The van der Waals surface area contributed by atoms with Crippen molar-refractivity contribution in [3.05, 3.63) is 95.1 Å². The number of aldehydes is 3. The molecule has 0 bridgehead atoms. The number of nitrogens with zero attached hydrogens (tertiary/aromatic N) is 4. The molecule has 0 saturated carbocycles. The van der Waals surface area contributed by atoms with Crippen LogP contribution in [-0.4, -0.2) is 148 Å². The first-order valence-electron chi connectivity index (χ1n) is 22.7. The Morgan fingerprint density at radius 2 is 1.50 bits per heavy atom. The van der Waals surface area contributed by atoms with Gasteiger partial charge in [-0.3, -0.25) is 14.3 Å². The number of unbranched alkanes of at least 4 members (excludes halogenated alkanes) is 2. The van der Waals surface area contributed by atoms with E-state index >= 15 is 0 Å². The van der Waals surface area contributed by atoms with Crippen molar-refractivity contribution in [1.82, 2.24) is 25.2 Å². The Morgan fingerprint density at radius 3 is 1.91 bits per heavy atom. The number of thiophene rings is 1. The van der Waals surface area contributed by atoms with Crippen LogP contribution in [0, 0.1) is 0 Å². The fourth-order valence-electron chi connectivity index (χ4n) is 6.45. The topological polar surface area (TPSA) is 160 Å². The fourth-order valence-corrected chi connectivity index (χ4v) is 8.99. The number of likely N-dealkylation sites (N-methyl/N-ethyl adjacent to an activating group) is 1. The number of likely N-dealkylation sites (tertiary alicyclic amines) is 2. The number of hydrogen-bond acceptors (Lipinski definition) is 14. The Balaban J connectivity index is 0.000000827. The van der Waals surface area contributed by atoms with Crippen molar-refractivity contribution >= 4 is 60.3 Å². The first kappa shape index (κ1) is 62.0. The molecule has 2 atom stereocenters. The van der Waals surface area contributed by atoms with Gasteiger partial charge in [0.25, 0.3) is 7.52 Å². The van der Waals surface area contributed by atoms with Crippen molar-refractivity contribution in [3.63, 3.8) is 0 Å². The van der Waals surface area contributed by atoms with Crippen molar-refractivity contribution in [1.29, 1.82) is 0 Å². The Labute approximate surface area is 400 Å². The summed E-state index contributed by atoms with van der Waals surface area (Å²) in [5, 5.41) is 6.40. The van der Waals surface area contributed by atoms with Crippen LogP contribution in [0.5, 0.6) is 0 Å². The van der Waals surface area contributed by atoms with Crippen LogP contribution in [0.1, 0.15) is 86.0 Å². The lowest BCUT2D eigenvalue weighted by molar-refractivity contribution is -0.109. The van der Waals surface area contributed by atoms with Gasteiger partial charge in [0.2, 0.25) is 0 Å². The van der Waals surface area contributed by atoms with Gasteiger partial charge in [-0.05, 0) is 115 Å². The van der Waals surface area contributed by atoms with E-state index in [1.54, 1.807) is 27.2 Å². The van der Waals surface area contributed by atoms with Gasteiger partial charge >= 0.3 is 0 Å². The molecule has 2 unspecified atom stereocenters. The highest BCUT2D eigenvalue weighted by Gasteiger charge is 2.33. The third-order valence-electron chi connectivity index (χ3n) is 9.94. The summed E-state index contributed by atoms with van der Waals surface area (Å²) < 4.78 is 28.7. The number of ether oxygens (including phenoxy) is 2. The van der Waals surface area contributed by atoms with Crippen LogP contribution in [0.15, 0.2) is 79.1 Å². The van der Waals surface area contributed by atoms with E-state index < -0.39 is 13.6 Å². The lowest BCUT2D eigenvalue weighted by atomic mass is 9.91. The van der Waals surface area contributed by atoms with Crippen LogP contribution in [0.4, 0.5) is 5.69 Å². The quantitative estimate of drug-likeness (QED) is 0.0662. The lowest BCUT2D eigenvalue weighted by Crippen LogP contribution is -2.53. The molecule has 4 aromatic rings. The predicted molar refractivity (Wildman–Crippen MR) is 275 cm³/mol. The normalized spacial score (nSPS) is 15.5. The Bertz CT molecular complexity index is 1830. The molecule has 2 aromatic carbocycles. The first-order chi connectivity index (χ1) is 31.9. The molecule has 66 heavy (non-hydrogen) atoms. The third-order valence-corrected chi connectivity index (χ3v) is 13.2. The molecular formula is C50H81N6O8PS. The summed E-state index contributed by atoms with van der Waals surface area (Å²) in [6.45, 7) is 15.6. The first-order valence-corrected chi connectivity index (χ1v) is 25.3. The van der Waals surface area contributed by atoms with Crippen LogP contribution in [0.3, 0.4) is 0 Å². The number of nitrogens with one attached hydrogen (secondary N) is 2. The minimum Gasteiger partial charge on any atom is -0.385 e. The average molecular weight is 957 g/mol. The molecular weight excluding hydrogens is 876 g/mol. The molecule has 0 aliphatic carbocycles. The van der Waals surface area contributed by atoms with Gasteiger partial charge in [0.05, 0.1) is 23.2 Å². The van der Waals surface area contributed by atoms with E-state index in [4.69, 9.17) is 18.8 Å². The standard InChI is InChI=1S/C14H16NO4PS.C13H19N3O.C6H6.C5H11N.C5H10O.C4H10O.C2H7N.CH2O/c1-10(7-16)15-20(18,19-2)9-11-3-4-14-12(5-11)6-13(8-17)21-14;1-15-6-10(7-15)12-5-14-4-3-13(12)16-8-11(9-16)17-2;1-2-4-6-5-3-1;1-6-4-2-3-5-6;1-2-3-4-5-6;1-3-4-5-2;1-3-2;1-2/h3-8,10H,9H2,1-2H3,(H,15,18);3-5,10-11H,6-9H2,1-2H3;1-6H;2-5H2,1H3;5H,2-4H2,1H3;3-4H2,1-2H3;3H,1-2H3;1H2. The zero-order valence-corrected chi connectivity index (χ0v) is 43.2. The zero-order chi connectivity index (χ0) is 49.6. The van der Waals surface area contributed by atoms with Crippen molar-refractivity contribution in [2.45, 2.75) is 83.5 Å². The molecule has 3 aliphatic rings. The van der Waals surface area contributed by atoms with E-state index in [1.165, 1.54) is 55.6 Å². The van der Waals surface area contributed by atoms with Crippen molar-refractivity contribution in [2.24, 2.45) is 0 Å².